The molecule has 1 aromatic carbocycles. The molecule has 0 fully saturated rings. The maximum atomic E-state index is 12.3. The minimum absolute atomic E-state index is 0.0361. The quantitative estimate of drug-likeness (QED) is 0.610. The summed E-state index contributed by atoms with van der Waals surface area (Å²) in [5.74, 6) is 0.546. The highest BCUT2D eigenvalue weighted by Crippen LogP contribution is 2.29. The molecule has 0 atom stereocenters. The number of rotatable bonds is 7. The summed E-state index contributed by atoms with van der Waals surface area (Å²) in [6.45, 7) is 6.08. The van der Waals surface area contributed by atoms with Crippen LogP contribution in [0, 0.1) is 0 Å². The molecule has 1 aromatic heterocycles. The van der Waals surface area contributed by atoms with Crippen molar-refractivity contribution in [2.24, 2.45) is 5.10 Å². The Hall–Kier alpha value is -3.09. The van der Waals surface area contributed by atoms with Gasteiger partial charge < -0.3 is 14.0 Å². The normalized spacial score (nSPS) is 11.0. The number of nitrogens with one attached hydrogen (secondary N) is 1. The molecule has 0 saturated carbocycles. The molecule has 0 aliphatic carbocycles. The fraction of sp³-hybridized carbons (Fsp3) is 0.316. The number of nitrogens with zero attached hydrogens (tertiary/aromatic N) is 2. The first-order valence-electron chi connectivity index (χ1n) is 8.34. The predicted molar refractivity (Wildman–Crippen MR) is 100 cm³/mol. The van der Waals surface area contributed by atoms with Crippen LogP contribution in [0.3, 0.4) is 0 Å². The fourth-order valence-electron chi connectivity index (χ4n) is 2.40. The summed E-state index contributed by atoms with van der Waals surface area (Å²) in [6, 6.07) is 8.46. The molecule has 0 unspecified atom stereocenters. The Morgan fingerprint density at radius 2 is 2.08 bits per heavy atom. The number of carbonyl (C=O) groups excluding carboxylic acids is 1. The van der Waals surface area contributed by atoms with Crippen LogP contribution in [0.4, 0.5) is 0 Å². The molecule has 2 aromatic rings. The average molecular weight is 357 g/mol. The predicted octanol–water partition coefficient (Wildman–Crippen LogP) is 2.60. The molecule has 138 valence electrons. The van der Waals surface area contributed by atoms with E-state index in [1.807, 2.05) is 20.8 Å². The van der Waals surface area contributed by atoms with Gasteiger partial charge in [-0.25, -0.2) is 5.43 Å². The summed E-state index contributed by atoms with van der Waals surface area (Å²) in [5.41, 5.74) is 2.72. The van der Waals surface area contributed by atoms with Gasteiger partial charge in [-0.3, -0.25) is 9.59 Å². The third-order valence-electron chi connectivity index (χ3n) is 3.66. The molecule has 1 N–H and O–H groups in total. The zero-order valence-corrected chi connectivity index (χ0v) is 15.4. The topological polar surface area (TPSA) is 81.9 Å². The van der Waals surface area contributed by atoms with Gasteiger partial charge in [0.1, 0.15) is 5.56 Å². The zero-order chi connectivity index (χ0) is 19.1. The SMILES string of the molecule is CCOc1c(/C=N\NC(=O)c2cccn(C(C)C)c2=O)cccc1OC. The van der Waals surface area contributed by atoms with E-state index in [1.165, 1.54) is 16.8 Å². The van der Waals surface area contributed by atoms with Crippen molar-refractivity contribution in [1.82, 2.24) is 9.99 Å². The van der Waals surface area contributed by atoms with Crippen LogP contribution in [0.25, 0.3) is 0 Å². The standard InChI is InChI=1S/C19H23N3O4/c1-5-26-17-14(8-6-10-16(17)25-4)12-20-21-18(23)15-9-7-11-22(13(2)3)19(15)24/h6-13H,5H2,1-4H3,(H,21,23)/b20-12-. The number of pyridine rings is 1. The first kappa shape index (κ1) is 19.2. The van der Waals surface area contributed by atoms with E-state index in [9.17, 15) is 9.59 Å². The van der Waals surface area contributed by atoms with Crippen molar-refractivity contribution < 1.29 is 14.3 Å². The smallest absolute Gasteiger partial charge is 0.276 e. The van der Waals surface area contributed by atoms with Crippen molar-refractivity contribution in [3.8, 4) is 11.5 Å². The summed E-state index contributed by atoms with van der Waals surface area (Å²) in [6.07, 6.45) is 3.10. The van der Waals surface area contributed by atoms with E-state index in [2.05, 4.69) is 10.5 Å². The molecule has 0 aliphatic heterocycles. The molecule has 0 radical (unpaired) electrons. The summed E-state index contributed by atoms with van der Waals surface area (Å²) >= 11 is 0. The Labute approximate surface area is 152 Å². The van der Waals surface area contributed by atoms with Crippen LogP contribution >= 0.6 is 0 Å². The first-order valence-corrected chi connectivity index (χ1v) is 8.34. The maximum Gasteiger partial charge on any atom is 0.276 e. The molecular formula is C19H23N3O4. The monoisotopic (exact) mass is 357 g/mol. The van der Waals surface area contributed by atoms with Gasteiger partial charge >= 0.3 is 0 Å². The highest BCUT2D eigenvalue weighted by Gasteiger charge is 2.13. The highest BCUT2D eigenvalue weighted by atomic mass is 16.5. The van der Waals surface area contributed by atoms with E-state index in [1.54, 1.807) is 37.6 Å². The van der Waals surface area contributed by atoms with Crippen LogP contribution in [0.2, 0.25) is 0 Å². The lowest BCUT2D eigenvalue weighted by molar-refractivity contribution is 0.0953. The van der Waals surface area contributed by atoms with Crippen LogP contribution in [0.1, 0.15) is 42.7 Å². The van der Waals surface area contributed by atoms with E-state index < -0.39 is 5.91 Å². The molecule has 1 amide bonds. The van der Waals surface area contributed by atoms with Crippen LogP contribution in [-0.2, 0) is 0 Å². The minimum atomic E-state index is -0.567. The largest absolute Gasteiger partial charge is 0.493 e. The molecule has 7 nitrogen and oxygen atoms in total. The Bertz CT molecular complexity index is 856. The molecule has 26 heavy (non-hydrogen) atoms. The summed E-state index contributed by atoms with van der Waals surface area (Å²) in [7, 11) is 1.55. The van der Waals surface area contributed by atoms with Gasteiger partial charge in [0.15, 0.2) is 11.5 Å². The van der Waals surface area contributed by atoms with Crippen molar-refractivity contribution >= 4 is 12.1 Å². The number of carbonyl (C=O) groups is 1. The molecule has 0 bridgehead atoms. The number of aromatic nitrogens is 1. The molecular weight excluding hydrogens is 334 g/mol. The fourth-order valence-corrected chi connectivity index (χ4v) is 2.40. The van der Waals surface area contributed by atoms with Gasteiger partial charge in [-0.15, -0.1) is 0 Å². The van der Waals surface area contributed by atoms with Gasteiger partial charge in [0, 0.05) is 17.8 Å². The third-order valence-corrected chi connectivity index (χ3v) is 3.66. The van der Waals surface area contributed by atoms with Gasteiger partial charge in [0.2, 0.25) is 0 Å². The number of hydrazone groups is 1. The number of methoxy groups -OCH3 is 1. The summed E-state index contributed by atoms with van der Waals surface area (Å²) in [4.78, 5) is 24.6. The van der Waals surface area contributed by atoms with E-state index >= 15 is 0 Å². The number of hydrogen-bond acceptors (Lipinski definition) is 5. The van der Waals surface area contributed by atoms with Crippen LogP contribution in [-0.4, -0.2) is 30.4 Å². The number of amides is 1. The van der Waals surface area contributed by atoms with E-state index in [4.69, 9.17) is 9.47 Å². The average Bonchev–Trinajstić information content (AvgIpc) is 2.62. The number of ether oxygens (including phenoxy) is 2. The van der Waals surface area contributed by atoms with E-state index in [0.717, 1.165) is 0 Å². The van der Waals surface area contributed by atoms with Gasteiger partial charge in [-0.05, 0) is 45.0 Å². The van der Waals surface area contributed by atoms with Gasteiger partial charge in [-0.2, -0.15) is 5.10 Å². The second-order valence-corrected chi connectivity index (χ2v) is 5.74. The molecule has 2 rings (SSSR count). The van der Waals surface area contributed by atoms with E-state index in [0.29, 0.717) is 23.7 Å². The van der Waals surface area contributed by atoms with Crippen LogP contribution in [0.5, 0.6) is 11.5 Å². The van der Waals surface area contributed by atoms with Crippen LogP contribution < -0.4 is 20.5 Å². The summed E-state index contributed by atoms with van der Waals surface area (Å²) in [5, 5.41) is 3.94. The Morgan fingerprint density at radius 1 is 1.31 bits per heavy atom. The number of para-hydroxylation sites is 1. The van der Waals surface area contributed by atoms with E-state index in [-0.39, 0.29) is 17.2 Å². The van der Waals surface area contributed by atoms with Crippen molar-refractivity contribution in [2.75, 3.05) is 13.7 Å². The molecule has 0 saturated heterocycles. The molecule has 0 spiro atoms. The Balaban J connectivity index is 2.21. The lowest BCUT2D eigenvalue weighted by atomic mass is 10.2. The Morgan fingerprint density at radius 3 is 2.73 bits per heavy atom. The molecule has 7 heteroatoms. The van der Waals surface area contributed by atoms with Crippen molar-refractivity contribution in [2.45, 2.75) is 26.8 Å². The van der Waals surface area contributed by atoms with Crippen molar-refractivity contribution in [1.29, 1.82) is 0 Å². The Kier molecular flexibility index (Phi) is 6.54. The van der Waals surface area contributed by atoms with Gasteiger partial charge in [0.05, 0.1) is 19.9 Å². The minimum Gasteiger partial charge on any atom is -0.493 e. The van der Waals surface area contributed by atoms with Crippen molar-refractivity contribution in [3.63, 3.8) is 0 Å². The van der Waals surface area contributed by atoms with Crippen LogP contribution in [0.15, 0.2) is 46.4 Å². The maximum absolute atomic E-state index is 12.3. The molecule has 0 aliphatic rings. The third kappa shape index (κ3) is 4.30. The second kappa shape index (κ2) is 8.84. The van der Waals surface area contributed by atoms with Gasteiger partial charge in [-0.1, -0.05) is 6.07 Å². The van der Waals surface area contributed by atoms with Gasteiger partial charge in [0.25, 0.3) is 11.5 Å². The highest BCUT2D eigenvalue weighted by molar-refractivity contribution is 5.94. The summed E-state index contributed by atoms with van der Waals surface area (Å²) < 4.78 is 12.3. The zero-order valence-electron chi connectivity index (χ0n) is 15.4. The number of hydrogen-bond donors (Lipinski definition) is 1. The first-order chi connectivity index (χ1) is 12.5. The molecule has 1 heterocycles. The second-order valence-electron chi connectivity index (χ2n) is 5.74. The lowest BCUT2D eigenvalue weighted by Crippen LogP contribution is -2.31. The lowest BCUT2D eigenvalue weighted by Gasteiger charge is -2.11. The van der Waals surface area contributed by atoms with Crippen molar-refractivity contribution in [3.05, 3.63) is 58.0 Å². The number of benzene rings is 1.